The molecule has 2 rings (SSSR count). The van der Waals surface area contributed by atoms with Crippen LogP contribution in [0.1, 0.15) is 11.1 Å². The fourth-order valence-electron chi connectivity index (χ4n) is 2.23. The smallest absolute Gasteiger partial charge is 0.348 e. The zero-order valence-electron chi connectivity index (χ0n) is 13.3. The zero-order chi connectivity index (χ0) is 21.5. The Hall–Kier alpha value is -1.25. The number of nitro groups is 2. The molecular weight excluding hydrogens is 651 g/mol. The molecule has 7 nitrogen and oxygen atoms in total. The van der Waals surface area contributed by atoms with E-state index in [0.29, 0.717) is 29.5 Å². The number of hydrogen-bond acceptors (Lipinski definition) is 5. The average molecular weight is 657 g/mol. The van der Waals surface area contributed by atoms with Gasteiger partial charge in [0.25, 0.3) is 11.4 Å². The van der Waals surface area contributed by atoms with Crippen LogP contribution in [-0.2, 0) is 6.18 Å². The van der Waals surface area contributed by atoms with Gasteiger partial charge in [0, 0.05) is 19.5 Å². The van der Waals surface area contributed by atoms with E-state index in [4.69, 9.17) is 0 Å². The molecule has 150 valence electrons. The van der Waals surface area contributed by atoms with Crippen molar-refractivity contribution in [1.82, 2.24) is 0 Å². The summed E-state index contributed by atoms with van der Waals surface area (Å²) in [6, 6.07) is 0.727. The number of nitrogens with one attached hydrogen (secondary N) is 1. The maximum absolute atomic E-state index is 13.5. The number of anilines is 2. The minimum absolute atomic E-state index is 0.101. The number of hydrogen-bond donors (Lipinski definition) is 1. The first-order valence-corrected chi connectivity index (χ1v) is 10.1. The molecule has 0 saturated carbocycles. The van der Waals surface area contributed by atoms with Gasteiger partial charge in [-0.2, -0.15) is 13.2 Å². The number of nitrogens with zero attached hydrogens (tertiary/aromatic N) is 2. The molecule has 0 heterocycles. The second kappa shape index (κ2) is 8.24. The Morgan fingerprint density at radius 2 is 1.43 bits per heavy atom. The Balaban J connectivity index is 2.87. The lowest BCUT2D eigenvalue weighted by molar-refractivity contribution is -0.394. The first-order valence-electron chi connectivity index (χ1n) is 6.91. The van der Waals surface area contributed by atoms with Crippen LogP contribution in [0.2, 0.25) is 0 Å². The average Bonchev–Trinajstić information content (AvgIpc) is 2.60. The summed E-state index contributed by atoms with van der Waals surface area (Å²) in [4.78, 5) is 20.1. The molecule has 0 unspecified atom stereocenters. The van der Waals surface area contributed by atoms with Gasteiger partial charge in [0.05, 0.1) is 31.6 Å². The molecule has 0 radical (unpaired) electrons. The van der Waals surface area contributed by atoms with Crippen molar-refractivity contribution in [3.63, 3.8) is 0 Å². The molecule has 14 heteroatoms. The van der Waals surface area contributed by atoms with Gasteiger partial charge >= 0.3 is 6.18 Å². The first-order chi connectivity index (χ1) is 12.8. The van der Waals surface area contributed by atoms with Gasteiger partial charge in [-0.05, 0) is 76.2 Å². The van der Waals surface area contributed by atoms with Gasteiger partial charge in [-0.3, -0.25) is 20.2 Å². The van der Waals surface area contributed by atoms with Gasteiger partial charge in [0.1, 0.15) is 5.69 Å². The Morgan fingerprint density at radius 1 is 0.893 bits per heavy atom. The number of alkyl halides is 3. The van der Waals surface area contributed by atoms with Crippen molar-refractivity contribution >= 4 is 86.5 Å². The fraction of sp³-hybridized carbons (Fsp3) is 0.143. The third-order valence-corrected chi connectivity index (χ3v) is 8.53. The van der Waals surface area contributed by atoms with Crippen LogP contribution in [0, 0.1) is 27.2 Å². The van der Waals surface area contributed by atoms with Crippen LogP contribution in [0.15, 0.2) is 30.0 Å². The Kier molecular flexibility index (Phi) is 6.78. The summed E-state index contributed by atoms with van der Waals surface area (Å²) in [7, 11) is 0. The third kappa shape index (κ3) is 4.33. The van der Waals surface area contributed by atoms with E-state index in [0.717, 1.165) is 0 Å². The molecule has 0 aromatic heterocycles. The molecule has 2 aromatic carbocycles. The van der Waals surface area contributed by atoms with Crippen molar-refractivity contribution in [3.05, 3.63) is 61.4 Å². The standard InChI is InChI=1S/C14H6Br4F3N3O4/c1-4-8(15)9(16)10(17)11(18)12(4)22-13-6(14(19,20)21)2-5(23(25)26)3-7(13)24(27)28/h2-3,22H,1H3. The number of halogens is 7. The van der Waals surface area contributed by atoms with E-state index in [1.54, 1.807) is 6.92 Å². The lowest BCUT2D eigenvalue weighted by Gasteiger charge is -2.19. The van der Waals surface area contributed by atoms with Crippen molar-refractivity contribution in [1.29, 1.82) is 0 Å². The maximum Gasteiger partial charge on any atom is 0.418 e. The summed E-state index contributed by atoms with van der Waals surface area (Å²) in [6.07, 6.45) is -5.08. The highest BCUT2D eigenvalue weighted by Gasteiger charge is 2.40. The van der Waals surface area contributed by atoms with E-state index in [9.17, 15) is 33.4 Å². The van der Waals surface area contributed by atoms with E-state index in [-0.39, 0.29) is 11.8 Å². The van der Waals surface area contributed by atoms with Crippen LogP contribution >= 0.6 is 63.7 Å². The van der Waals surface area contributed by atoms with Crippen molar-refractivity contribution in [2.75, 3.05) is 5.32 Å². The van der Waals surface area contributed by atoms with Crippen molar-refractivity contribution in [2.45, 2.75) is 13.1 Å². The largest absolute Gasteiger partial charge is 0.418 e. The molecule has 0 fully saturated rings. The molecule has 0 aliphatic carbocycles. The van der Waals surface area contributed by atoms with Crippen molar-refractivity contribution in [3.8, 4) is 0 Å². The van der Waals surface area contributed by atoms with E-state index in [1.165, 1.54) is 0 Å². The third-order valence-electron chi connectivity index (χ3n) is 3.57. The predicted molar refractivity (Wildman–Crippen MR) is 110 cm³/mol. The second-order valence-corrected chi connectivity index (χ2v) is 8.45. The number of non-ortho nitro benzene ring substituents is 1. The van der Waals surface area contributed by atoms with Gasteiger partial charge < -0.3 is 5.32 Å². The summed E-state index contributed by atoms with van der Waals surface area (Å²) in [5, 5.41) is 24.7. The molecular formula is C14H6Br4F3N3O4. The SMILES string of the molecule is Cc1c(Br)c(Br)c(Br)c(Br)c1Nc1c([N+](=O)[O-])cc([N+](=O)[O-])cc1C(F)(F)F. The van der Waals surface area contributed by atoms with Gasteiger partial charge in [-0.15, -0.1) is 0 Å². The van der Waals surface area contributed by atoms with E-state index in [1.807, 2.05) is 0 Å². The predicted octanol–water partition coefficient (Wildman–Crippen LogP) is 7.62. The number of rotatable bonds is 4. The van der Waals surface area contributed by atoms with Crippen molar-refractivity contribution < 1.29 is 23.0 Å². The van der Waals surface area contributed by atoms with E-state index in [2.05, 4.69) is 69.0 Å². The van der Waals surface area contributed by atoms with Crippen LogP contribution in [0.5, 0.6) is 0 Å². The highest BCUT2D eigenvalue weighted by atomic mass is 79.9. The number of benzene rings is 2. The van der Waals surface area contributed by atoms with Gasteiger partial charge in [0.2, 0.25) is 0 Å². The van der Waals surface area contributed by atoms with Gasteiger partial charge in [0.15, 0.2) is 0 Å². The molecule has 0 saturated heterocycles. The summed E-state index contributed by atoms with van der Waals surface area (Å²) >= 11 is 13.1. The molecule has 0 atom stereocenters. The highest BCUT2D eigenvalue weighted by molar-refractivity contribution is 9.15. The molecule has 0 spiro atoms. The van der Waals surface area contributed by atoms with E-state index >= 15 is 0 Å². The first kappa shape index (κ1) is 23.0. The Labute approximate surface area is 188 Å². The molecule has 0 aliphatic heterocycles. The van der Waals surface area contributed by atoms with Crippen molar-refractivity contribution in [2.24, 2.45) is 0 Å². The molecule has 1 N–H and O–H groups in total. The maximum atomic E-state index is 13.5. The molecule has 0 amide bonds. The Bertz CT molecular complexity index is 986. The minimum atomic E-state index is -5.08. The normalized spacial score (nSPS) is 11.4. The van der Waals surface area contributed by atoms with Crippen LogP contribution < -0.4 is 5.32 Å². The van der Waals surface area contributed by atoms with Crippen LogP contribution in [0.3, 0.4) is 0 Å². The minimum Gasteiger partial charge on any atom is -0.348 e. The topological polar surface area (TPSA) is 98.3 Å². The van der Waals surface area contributed by atoms with Gasteiger partial charge in [-0.1, -0.05) is 0 Å². The number of nitro benzene ring substituents is 2. The molecule has 0 aliphatic rings. The summed E-state index contributed by atoms with van der Waals surface area (Å²) < 4.78 is 42.4. The monoisotopic (exact) mass is 653 g/mol. The lowest BCUT2D eigenvalue weighted by Crippen LogP contribution is -2.12. The fourth-order valence-corrected chi connectivity index (χ4v) is 4.65. The lowest BCUT2D eigenvalue weighted by atomic mass is 10.1. The zero-order valence-corrected chi connectivity index (χ0v) is 19.7. The van der Waals surface area contributed by atoms with Gasteiger partial charge in [-0.25, -0.2) is 0 Å². The summed E-state index contributed by atoms with van der Waals surface area (Å²) in [5.74, 6) is 0. The quantitative estimate of drug-likeness (QED) is 0.158. The van der Waals surface area contributed by atoms with Crippen LogP contribution in [0.25, 0.3) is 0 Å². The van der Waals surface area contributed by atoms with E-state index < -0.39 is 38.6 Å². The second-order valence-electron chi connectivity index (χ2n) is 5.28. The highest BCUT2D eigenvalue weighted by Crippen LogP contribution is 2.49. The molecule has 28 heavy (non-hydrogen) atoms. The Morgan fingerprint density at radius 3 is 1.89 bits per heavy atom. The van der Waals surface area contributed by atoms with Crippen LogP contribution in [0.4, 0.5) is 35.9 Å². The van der Waals surface area contributed by atoms with Crippen LogP contribution in [-0.4, -0.2) is 9.85 Å². The summed E-state index contributed by atoms with van der Waals surface area (Å²) in [6.45, 7) is 1.57. The molecule has 2 aromatic rings. The molecule has 0 bridgehead atoms. The summed E-state index contributed by atoms with van der Waals surface area (Å²) in [5.41, 5.74) is -4.03.